The Morgan fingerprint density at radius 1 is 1.00 bits per heavy atom. The third-order valence-corrected chi connectivity index (χ3v) is 8.53. The van der Waals surface area contributed by atoms with E-state index in [0.717, 1.165) is 41.7 Å². The number of H-pyrrole nitrogens is 2. The number of nitrogens with one attached hydrogen (secondary N) is 3. The fourth-order valence-corrected chi connectivity index (χ4v) is 5.71. The Hall–Kier alpha value is -5.01. The number of nitrogens with two attached hydrogens (primary N) is 1. The van der Waals surface area contributed by atoms with Gasteiger partial charge in [-0.05, 0) is 65.6 Å². The van der Waals surface area contributed by atoms with Crippen LogP contribution in [0.15, 0.2) is 67.3 Å². The van der Waals surface area contributed by atoms with Gasteiger partial charge in [0.15, 0.2) is 15.5 Å². The number of pyridine rings is 3. The highest BCUT2D eigenvalue weighted by molar-refractivity contribution is 7.90. The van der Waals surface area contributed by atoms with E-state index in [1.54, 1.807) is 36.9 Å². The van der Waals surface area contributed by atoms with E-state index < -0.39 is 21.0 Å². The predicted molar refractivity (Wildman–Crippen MR) is 168 cm³/mol. The van der Waals surface area contributed by atoms with Crippen LogP contribution in [0.25, 0.3) is 55.7 Å². The molecule has 1 aromatic carbocycles. The maximum atomic E-state index is 14.7. The molecule has 0 aliphatic heterocycles. The van der Waals surface area contributed by atoms with Crippen molar-refractivity contribution >= 4 is 43.5 Å². The second kappa shape index (κ2) is 11.6. The second-order valence-corrected chi connectivity index (χ2v) is 12.8. The summed E-state index contributed by atoms with van der Waals surface area (Å²) in [5, 5.41) is 10.4. The number of carbonyl (C=O) groups is 1. The van der Waals surface area contributed by atoms with E-state index >= 15 is 0 Å². The molecule has 6 rings (SSSR count). The number of aromatic nitrogens is 6. The Labute approximate surface area is 252 Å². The number of sulfone groups is 1. The molecule has 6 aromatic rings. The predicted octanol–water partition coefficient (Wildman–Crippen LogP) is 5.50. The standard InChI is InChI=1S/C31H29FN8O3S/c1-3-4-5-27(41)37-22-11-19(14-34-16-22)20-12-25-28(39-40-31(25)36-15-20)26-13-24-23(6-7-35-30(24)38-26)17-8-18(10-21(32)9-17)29(33)44(2,42)43/h6-16,29H,3-5,33H2,1-2H3,(H,35,38)(H,37,41)(H,36,39,40). The Kier molecular flexibility index (Phi) is 7.66. The van der Waals surface area contributed by atoms with Crippen molar-refractivity contribution in [2.24, 2.45) is 5.73 Å². The number of nitrogens with zero attached hydrogens (tertiary/aromatic N) is 4. The number of carbonyl (C=O) groups excluding carboxylic acids is 1. The van der Waals surface area contributed by atoms with Crippen LogP contribution in [-0.4, -0.2) is 50.7 Å². The van der Waals surface area contributed by atoms with Gasteiger partial charge in [0.1, 0.15) is 22.5 Å². The zero-order valence-electron chi connectivity index (χ0n) is 23.9. The molecular weight excluding hydrogens is 583 g/mol. The molecule has 13 heteroatoms. The molecule has 0 bridgehead atoms. The Morgan fingerprint density at radius 3 is 2.61 bits per heavy atom. The molecule has 5 N–H and O–H groups in total. The summed E-state index contributed by atoms with van der Waals surface area (Å²) in [6, 6.07) is 11.4. The van der Waals surface area contributed by atoms with E-state index in [-0.39, 0.29) is 11.5 Å². The van der Waals surface area contributed by atoms with E-state index in [1.807, 2.05) is 25.1 Å². The van der Waals surface area contributed by atoms with Gasteiger partial charge in [0.05, 0.1) is 17.6 Å². The number of halogens is 1. The number of hydrogen-bond acceptors (Lipinski definition) is 8. The van der Waals surface area contributed by atoms with Crippen LogP contribution in [0.5, 0.6) is 0 Å². The highest BCUT2D eigenvalue weighted by atomic mass is 32.2. The normalized spacial score (nSPS) is 12.5. The molecule has 0 aliphatic rings. The van der Waals surface area contributed by atoms with Crippen molar-refractivity contribution in [3.05, 3.63) is 78.6 Å². The molecule has 0 spiro atoms. The van der Waals surface area contributed by atoms with Gasteiger partial charge in [0.2, 0.25) is 5.91 Å². The third kappa shape index (κ3) is 5.79. The molecule has 0 fully saturated rings. The quantitative estimate of drug-likeness (QED) is 0.166. The minimum Gasteiger partial charge on any atom is -0.338 e. The number of rotatable bonds is 9. The number of hydrogen-bond donors (Lipinski definition) is 4. The molecule has 224 valence electrons. The first kappa shape index (κ1) is 29.1. The van der Waals surface area contributed by atoms with Crippen molar-refractivity contribution in [3.8, 4) is 33.6 Å². The first-order valence-corrected chi connectivity index (χ1v) is 15.9. The van der Waals surface area contributed by atoms with Gasteiger partial charge in [-0.25, -0.2) is 22.8 Å². The molecule has 0 saturated carbocycles. The molecule has 1 atom stereocenters. The average Bonchev–Trinajstić information content (AvgIpc) is 3.62. The van der Waals surface area contributed by atoms with Crippen LogP contribution in [-0.2, 0) is 14.6 Å². The van der Waals surface area contributed by atoms with Gasteiger partial charge in [-0.1, -0.05) is 13.3 Å². The van der Waals surface area contributed by atoms with Gasteiger partial charge in [-0.3, -0.25) is 14.9 Å². The zero-order chi connectivity index (χ0) is 31.0. The van der Waals surface area contributed by atoms with Crippen LogP contribution in [0.3, 0.4) is 0 Å². The fraction of sp³-hybridized carbons (Fsp3) is 0.194. The summed E-state index contributed by atoms with van der Waals surface area (Å²) in [6.07, 6.45) is 9.81. The molecule has 0 saturated heterocycles. The van der Waals surface area contributed by atoms with Gasteiger partial charge >= 0.3 is 0 Å². The van der Waals surface area contributed by atoms with Crippen LogP contribution in [0, 0.1) is 5.82 Å². The zero-order valence-corrected chi connectivity index (χ0v) is 24.7. The average molecular weight is 613 g/mol. The molecular formula is C31H29FN8O3S. The first-order chi connectivity index (χ1) is 21.1. The summed E-state index contributed by atoms with van der Waals surface area (Å²) in [4.78, 5) is 28.8. The van der Waals surface area contributed by atoms with Crippen molar-refractivity contribution in [2.45, 2.75) is 31.6 Å². The maximum absolute atomic E-state index is 14.7. The monoisotopic (exact) mass is 612 g/mol. The summed E-state index contributed by atoms with van der Waals surface area (Å²) in [5.74, 6) is -0.663. The van der Waals surface area contributed by atoms with E-state index in [2.05, 4.69) is 35.5 Å². The van der Waals surface area contributed by atoms with Gasteiger partial charge in [-0.2, -0.15) is 5.10 Å². The van der Waals surface area contributed by atoms with Crippen LogP contribution < -0.4 is 11.1 Å². The van der Waals surface area contributed by atoms with E-state index in [9.17, 15) is 17.6 Å². The van der Waals surface area contributed by atoms with Crippen LogP contribution in [0.4, 0.5) is 10.1 Å². The molecule has 0 radical (unpaired) electrons. The summed E-state index contributed by atoms with van der Waals surface area (Å²) in [6.45, 7) is 2.04. The summed E-state index contributed by atoms with van der Waals surface area (Å²) >= 11 is 0. The molecule has 5 aromatic heterocycles. The lowest BCUT2D eigenvalue weighted by Crippen LogP contribution is -2.20. The van der Waals surface area contributed by atoms with Crippen LogP contribution >= 0.6 is 0 Å². The van der Waals surface area contributed by atoms with E-state index in [1.165, 1.54) is 6.07 Å². The van der Waals surface area contributed by atoms with Gasteiger partial charge in [0.25, 0.3) is 0 Å². The number of unbranched alkanes of at least 4 members (excludes halogenated alkanes) is 1. The summed E-state index contributed by atoms with van der Waals surface area (Å²) in [7, 11) is -3.64. The lowest BCUT2D eigenvalue weighted by Gasteiger charge is -2.12. The number of fused-ring (bicyclic) bond motifs is 2. The smallest absolute Gasteiger partial charge is 0.224 e. The number of anilines is 1. The van der Waals surface area contributed by atoms with Crippen LogP contribution in [0.2, 0.25) is 0 Å². The minimum atomic E-state index is -3.64. The summed E-state index contributed by atoms with van der Waals surface area (Å²) < 4.78 is 38.8. The Morgan fingerprint density at radius 2 is 1.82 bits per heavy atom. The first-order valence-electron chi connectivity index (χ1n) is 13.9. The second-order valence-electron chi connectivity index (χ2n) is 10.6. The highest BCUT2D eigenvalue weighted by Gasteiger charge is 2.21. The maximum Gasteiger partial charge on any atom is 0.224 e. The Balaban J connectivity index is 1.38. The number of aromatic amines is 2. The van der Waals surface area contributed by atoms with Crippen molar-refractivity contribution < 1.29 is 17.6 Å². The number of amides is 1. The van der Waals surface area contributed by atoms with Crippen molar-refractivity contribution in [3.63, 3.8) is 0 Å². The van der Waals surface area contributed by atoms with Gasteiger partial charge in [-0.15, -0.1) is 0 Å². The lowest BCUT2D eigenvalue weighted by molar-refractivity contribution is -0.116. The molecule has 1 amide bonds. The highest BCUT2D eigenvalue weighted by Crippen LogP contribution is 2.35. The van der Waals surface area contributed by atoms with E-state index in [0.29, 0.717) is 51.3 Å². The Bertz CT molecular complexity index is 2140. The van der Waals surface area contributed by atoms with Gasteiger partial charge in [0, 0.05) is 53.2 Å². The van der Waals surface area contributed by atoms with E-state index in [4.69, 9.17) is 5.73 Å². The fourth-order valence-electron chi connectivity index (χ4n) is 5.08. The van der Waals surface area contributed by atoms with Crippen LogP contribution in [0.1, 0.15) is 37.1 Å². The van der Waals surface area contributed by atoms with Crippen molar-refractivity contribution in [1.29, 1.82) is 0 Å². The molecule has 44 heavy (non-hydrogen) atoms. The lowest BCUT2D eigenvalue weighted by atomic mass is 10.0. The molecule has 1 unspecified atom stereocenters. The number of benzene rings is 1. The molecule has 0 aliphatic carbocycles. The largest absolute Gasteiger partial charge is 0.338 e. The topological polar surface area (TPSA) is 172 Å². The molecule has 11 nitrogen and oxygen atoms in total. The van der Waals surface area contributed by atoms with Crippen molar-refractivity contribution in [2.75, 3.05) is 11.6 Å². The third-order valence-electron chi connectivity index (χ3n) is 7.34. The summed E-state index contributed by atoms with van der Waals surface area (Å²) in [5.41, 5.74) is 11.7. The van der Waals surface area contributed by atoms with Gasteiger partial charge < -0.3 is 16.0 Å². The minimum absolute atomic E-state index is 0.0593. The SMILES string of the molecule is CCCCC(=O)Nc1cncc(-c2cnc3[nH]nc(-c4cc5c(-c6cc(F)cc(C(N)S(C)(=O)=O)c6)ccnc5[nH]4)c3c2)c1. The molecule has 5 heterocycles. The van der Waals surface area contributed by atoms with Crippen molar-refractivity contribution in [1.82, 2.24) is 30.1 Å².